The Hall–Kier alpha value is -10.4. The second-order valence-corrected chi connectivity index (χ2v) is 46.6. The second-order valence-electron chi connectivity index (χ2n) is 32.4. The highest BCUT2D eigenvalue weighted by atomic mass is 32.3. The first-order valence-electron chi connectivity index (χ1n) is 44.8. The van der Waals surface area contributed by atoms with Crippen LogP contribution < -0.4 is 63.9 Å². The molecule has 143 heavy (non-hydrogen) atoms. The zero-order chi connectivity index (χ0) is 105. The molecule has 802 valence electrons. The van der Waals surface area contributed by atoms with Gasteiger partial charge in [0.25, 0.3) is 115 Å². The quantitative estimate of drug-likeness (QED) is 0.0188. The number of aromatic nitrogens is 9. The average molecular weight is 2200 g/mol. The third kappa shape index (κ3) is 49.8. The summed E-state index contributed by atoms with van der Waals surface area (Å²) in [6, 6.07) is 10.8. The Morgan fingerprint density at radius 1 is 0.273 bits per heavy atom. The SMILES string of the molecule is CCCCNC(=O)c1cc(OCc2cn(CCCNC(=O)c3cc(OCCCCS(=O)(=O)O)c(OCCCS(=O)(=O)O)c(OCCCS(=O)(=O)O)c3)nn2)c(OCc2cn(CCCNC(=O)c3cc(CCCCS(=O)(=O)O)c(CCCCS(=O)(=O)O)c(CCCCS(=O)(=O)O)c3)nn2)c(OCc2cn(CCCNC(=O)c3cc(OCCCS(=O)(=O)O)c(OCCCS(=O)(=O)O)c(OCCCS(=O)(=O)O)c3)nn2)c1. The first-order chi connectivity index (χ1) is 67.1. The van der Waals surface area contributed by atoms with Crippen LogP contribution in [0.4, 0.5) is 0 Å². The molecule has 0 aliphatic carbocycles. The molecule has 3 heterocycles. The van der Waals surface area contributed by atoms with Gasteiger partial charge in [0.15, 0.2) is 34.5 Å². The fourth-order valence-corrected chi connectivity index (χ4v) is 18.1. The summed E-state index contributed by atoms with van der Waals surface area (Å²) in [5, 5.41) is 36.8. The van der Waals surface area contributed by atoms with Gasteiger partial charge in [-0.05, 0) is 194 Å². The number of carbonyl (C=O) groups is 4. The summed E-state index contributed by atoms with van der Waals surface area (Å²) >= 11 is 0. The molecular formula is C81H119N13O40S9. The standard InChI is InChI=1S/C81H119N13O40S9/c1-2-3-23-82-79(96)64-51-73(132-56-65-53-92(89-86-65)27-13-25-84-80(97)62-47-69(126-30-7-11-39-138(108,109)110)75(130-34-18-43-142(120,121)122)70(48-62)127-31-15-40-139(111,112)113)77(134-58-67-55-94(91-88-67)29-12-24-83-78(95)61-45-59(20-4-8-36-135(99,100)101)68(22-6-10-38-137(105,106)107)60(46-61)21-5-9-37-136(102,103)104)74(52-64)133-57-66-54-93(90-87-66)28-14-26-85-81(98)63-49-71(128-32-16-41-140(114,115)116)76(131-35-19-44-143(123,124)125)72(50-63)129-33-17-42-141(117,118)119/h45-55H,2-44,56-58H2,1H3,(H,82,96)(H,83,95)(H,84,97)(H,85,98)(H,99,100,101)(H,102,103,104)(H,105,106,107)(H,108,109,110)(H,111,112,113)(H,114,115,116)(H,117,118,119)(H,120,121,122)(H,123,124,125). The lowest BCUT2D eigenvalue weighted by atomic mass is 9.89. The van der Waals surface area contributed by atoms with Crippen molar-refractivity contribution in [3.05, 3.63) is 123 Å². The number of benzene rings is 4. The molecule has 4 amide bonds. The highest BCUT2D eigenvalue weighted by Gasteiger charge is 2.28. The van der Waals surface area contributed by atoms with Crippen LogP contribution in [0.15, 0.2) is 67.1 Å². The van der Waals surface area contributed by atoms with Crippen molar-refractivity contribution in [3.63, 3.8) is 0 Å². The van der Waals surface area contributed by atoms with Gasteiger partial charge in [0.1, 0.15) is 36.9 Å². The van der Waals surface area contributed by atoms with Gasteiger partial charge in [-0.2, -0.15) is 75.8 Å². The molecule has 13 N–H and O–H groups in total. The molecule has 3 aromatic heterocycles. The monoisotopic (exact) mass is 2200 g/mol. The van der Waals surface area contributed by atoms with Crippen molar-refractivity contribution < 1.29 is 179 Å². The van der Waals surface area contributed by atoms with Gasteiger partial charge in [-0.3, -0.25) is 74.2 Å². The number of hydrogen-bond donors (Lipinski definition) is 13. The maximum absolute atomic E-state index is 14.1. The molecule has 0 aliphatic heterocycles. The predicted octanol–water partition coefficient (Wildman–Crippen LogP) is 4.15. The molecule has 62 heteroatoms. The van der Waals surface area contributed by atoms with Gasteiger partial charge in [0.2, 0.25) is 17.2 Å². The molecule has 53 nitrogen and oxygen atoms in total. The molecule has 0 aliphatic rings. The van der Waals surface area contributed by atoms with Crippen LogP contribution in [0.25, 0.3) is 0 Å². The number of ether oxygens (including phenoxy) is 9. The Bertz CT molecular complexity index is 6350. The van der Waals surface area contributed by atoms with Crippen LogP contribution in [-0.4, -0.2) is 303 Å². The van der Waals surface area contributed by atoms with E-state index in [1.807, 2.05) is 6.92 Å². The Kier molecular flexibility index (Phi) is 48.0. The first-order valence-corrected chi connectivity index (χ1v) is 59.3. The van der Waals surface area contributed by atoms with Crippen LogP contribution in [0.5, 0.6) is 51.7 Å². The van der Waals surface area contributed by atoms with Crippen LogP contribution >= 0.6 is 0 Å². The number of carbonyl (C=O) groups excluding carboxylic acids is 4. The maximum atomic E-state index is 14.1. The van der Waals surface area contributed by atoms with E-state index in [1.165, 1.54) is 62.8 Å². The van der Waals surface area contributed by atoms with E-state index in [0.717, 1.165) is 0 Å². The predicted molar refractivity (Wildman–Crippen MR) is 509 cm³/mol. The Labute approximate surface area is 827 Å². The number of rotatable bonds is 74. The van der Waals surface area contributed by atoms with Gasteiger partial charge in [-0.25, -0.2) is 0 Å². The van der Waals surface area contributed by atoms with Crippen molar-refractivity contribution in [3.8, 4) is 51.7 Å². The summed E-state index contributed by atoms with van der Waals surface area (Å²) in [5.74, 6) is -10.0. The van der Waals surface area contributed by atoms with Crippen molar-refractivity contribution in [2.45, 2.75) is 181 Å². The average Bonchev–Trinajstić information content (AvgIpc) is 1.62. The van der Waals surface area contributed by atoms with Crippen LogP contribution in [0, 0.1) is 0 Å². The van der Waals surface area contributed by atoms with E-state index in [0.29, 0.717) is 29.5 Å². The highest BCUT2D eigenvalue weighted by molar-refractivity contribution is 7.87. The molecule has 0 bridgehead atoms. The molecule has 0 unspecified atom stereocenters. The third-order valence-electron chi connectivity index (χ3n) is 20.1. The van der Waals surface area contributed by atoms with Crippen molar-refractivity contribution >= 4 is 115 Å². The highest BCUT2D eigenvalue weighted by Crippen LogP contribution is 2.43. The lowest BCUT2D eigenvalue weighted by Gasteiger charge is -2.19. The Balaban J connectivity index is 1.13. The maximum Gasteiger partial charge on any atom is 0.264 e. The summed E-state index contributed by atoms with van der Waals surface area (Å²) < 4.78 is 351. The van der Waals surface area contributed by atoms with Gasteiger partial charge in [-0.1, -0.05) is 29.0 Å². The topological polar surface area (TPSA) is 781 Å². The van der Waals surface area contributed by atoms with Crippen molar-refractivity contribution in [1.82, 2.24) is 66.2 Å². The van der Waals surface area contributed by atoms with Crippen LogP contribution in [-0.2, 0) is 150 Å². The zero-order valence-electron chi connectivity index (χ0n) is 77.8. The van der Waals surface area contributed by atoms with Crippen molar-refractivity contribution in [2.24, 2.45) is 0 Å². The van der Waals surface area contributed by atoms with Crippen molar-refractivity contribution in [1.29, 1.82) is 0 Å². The third-order valence-corrected chi connectivity index (χ3v) is 27.4. The summed E-state index contributed by atoms with van der Waals surface area (Å²) in [4.78, 5) is 56.0. The van der Waals surface area contributed by atoms with Crippen LogP contribution in [0.3, 0.4) is 0 Å². The van der Waals surface area contributed by atoms with E-state index >= 15 is 0 Å². The number of nitrogens with zero attached hydrogens (tertiary/aromatic N) is 9. The fourth-order valence-electron chi connectivity index (χ4n) is 13.5. The van der Waals surface area contributed by atoms with Crippen LogP contribution in [0.2, 0.25) is 0 Å². The first kappa shape index (κ1) is 120. The number of amides is 4. The van der Waals surface area contributed by atoms with E-state index in [9.17, 15) is 136 Å². The Morgan fingerprint density at radius 3 is 0.790 bits per heavy atom. The van der Waals surface area contributed by atoms with E-state index < -0.39 is 186 Å². The van der Waals surface area contributed by atoms with Gasteiger partial charge in [0.05, 0.1) is 110 Å². The normalized spacial score (nSPS) is 12.3. The van der Waals surface area contributed by atoms with Gasteiger partial charge in [0, 0.05) is 68.1 Å². The molecule has 0 saturated heterocycles. The fraction of sp³-hybridized carbons (Fsp3) is 0.580. The molecule has 0 fully saturated rings. The minimum absolute atomic E-state index is 0.0201. The van der Waals surface area contributed by atoms with E-state index in [1.54, 1.807) is 18.3 Å². The molecule has 4 aromatic carbocycles. The lowest BCUT2D eigenvalue weighted by molar-refractivity contribution is 0.0943. The van der Waals surface area contributed by atoms with Crippen molar-refractivity contribution in [2.75, 3.05) is 118 Å². The number of aryl methyl sites for hydroxylation is 5. The molecule has 0 spiro atoms. The van der Waals surface area contributed by atoms with E-state index in [-0.39, 0.29) is 299 Å². The minimum atomic E-state index is -4.46. The number of unbranched alkanes of at least 4 members (excludes halogenated alkanes) is 5. The van der Waals surface area contributed by atoms with Gasteiger partial charge >= 0.3 is 0 Å². The van der Waals surface area contributed by atoms with E-state index in [2.05, 4.69) is 52.2 Å². The molecule has 7 aromatic rings. The summed E-state index contributed by atoms with van der Waals surface area (Å²) in [5.41, 5.74) is 2.50. The lowest BCUT2D eigenvalue weighted by Crippen LogP contribution is -2.26. The second kappa shape index (κ2) is 57.5. The number of nitrogens with one attached hydrogen (secondary N) is 4. The summed E-state index contributed by atoms with van der Waals surface area (Å²) in [6.45, 7) is -0.656. The van der Waals surface area contributed by atoms with E-state index in [4.69, 9.17) is 42.6 Å². The zero-order valence-corrected chi connectivity index (χ0v) is 85.1. The molecular weight excluding hydrogens is 2080 g/mol. The molecule has 0 atom stereocenters. The largest absolute Gasteiger partial charge is 0.490 e. The van der Waals surface area contributed by atoms with Crippen LogP contribution in [0.1, 0.15) is 198 Å². The molecule has 0 radical (unpaired) electrons. The smallest absolute Gasteiger partial charge is 0.264 e. The Morgan fingerprint density at radius 2 is 0.503 bits per heavy atom. The minimum Gasteiger partial charge on any atom is -0.490 e. The summed E-state index contributed by atoms with van der Waals surface area (Å²) in [6.07, 6.45) is 6.68. The van der Waals surface area contributed by atoms with Gasteiger partial charge < -0.3 is 63.9 Å². The molecule has 7 rings (SSSR count). The number of hydrogen-bond acceptors (Lipinski definition) is 37. The summed E-state index contributed by atoms with van der Waals surface area (Å²) in [7, 11) is -39.6. The molecule has 0 saturated carbocycles. The van der Waals surface area contributed by atoms with Gasteiger partial charge in [-0.15, -0.1) is 15.3 Å².